The summed E-state index contributed by atoms with van der Waals surface area (Å²) in [5.41, 5.74) is 6.51. The molecule has 4 nitrogen and oxygen atoms in total. The van der Waals surface area contributed by atoms with Gasteiger partial charge in [0.2, 0.25) is 10.0 Å². The molecule has 0 unspecified atom stereocenters. The fourth-order valence-electron chi connectivity index (χ4n) is 1.78. The summed E-state index contributed by atoms with van der Waals surface area (Å²) in [4.78, 5) is -0.172. The second-order valence-corrected chi connectivity index (χ2v) is 6.76. The topological polar surface area (TPSA) is 63.4 Å². The fourth-order valence-corrected chi connectivity index (χ4v) is 3.33. The number of anilines is 1. The molecule has 1 aromatic rings. The number of benzene rings is 1. The van der Waals surface area contributed by atoms with Crippen LogP contribution in [0.2, 0.25) is 0 Å². The second-order valence-electron chi connectivity index (χ2n) is 4.83. The van der Waals surface area contributed by atoms with Crippen LogP contribution in [0.3, 0.4) is 0 Å². The molecule has 21 heavy (non-hydrogen) atoms. The van der Waals surface area contributed by atoms with Crippen molar-refractivity contribution in [2.45, 2.75) is 37.8 Å². The molecule has 1 aromatic carbocycles. The first-order chi connectivity index (χ1) is 9.58. The lowest BCUT2D eigenvalue weighted by Gasteiger charge is -2.23. The standard InChI is InChI=1S/C13H19F3N2O2S/c1-3-4-7-18(9-13(14,15)16)21(19,20)11-5-6-12(17)10(2)8-11/h5-6,8H,3-4,7,9,17H2,1-2H3. The smallest absolute Gasteiger partial charge is 0.399 e. The number of aryl methyl sites for hydroxylation is 1. The highest BCUT2D eigenvalue weighted by Crippen LogP contribution is 2.25. The van der Waals surface area contributed by atoms with Gasteiger partial charge in [0.15, 0.2) is 0 Å². The number of halogens is 3. The molecule has 0 radical (unpaired) electrons. The Morgan fingerprint density at radius 1 is 1.29 bits per heavy atom. The monoisotopic (exact) mass is 324 g/mol. The van der Waals surface area contributed by atoms with E-state index in [2.05, 4.69) is 0 Å². The predicted molar refractivity (Wildman–Crippen MR) is 75.3 cm³/mol. The highest BCUT2D eigenvalue weighted by atomic mass is 32.2. The van der Waals surface area contributed by atoms with Crippen molar-refractivity contribution in [3.8, 4) is 0 Å². The molecular formula is C13H19F3N2O2S. The number of hydrogen-bond donors (Lipinski definition) is 1. The molecule has 0 aliphatic heterocycles. The zero-order valence-corrected chi connectivity index (χ0v) is 12.8. The summed E-state index contributed by atoms with van der Waals surface area (Å²) in [6, 6.07) is 3.90. The van der Waals surface area contributed by atoms with Crippen LogP contribution in [0.15, 0.2) is 23.1 Å². The van der Waals surface area contributed by atoms with Gasteiger partial charge in [0.25, 0.3) is 0 Å². The van der Waals surface area contributed by atoms with E-state index in [0.717, 1.165) is 0 Å². The lowest BCUT2D eigenvalue weighted by Crippen LogP contribution is -2.39. The minimum Gasteiger partial charge on any atom is -0.399 e. The van der Waals surface area contributed by atoms with Crippen LogP contribution in [-0.2, 0) is 10.0 Å². The third-order valence-corrected chi connectivity index (χ3v) is 4.84. The summed E-state index contributed by atoms with van der Waals surface area (Å²) in [7, 11) is -4.19. The Hall–Kier alpha value is -1.28. The Bertz CT molecular complexity index is 586. The van der Waals surface area contributed by atoms with Crippen molar-refractivity contribution in [2.75, 3.05) is 18.8 Å². The Morgan fingerprint density at radius 3 is 2.38 bits per heavy atom. The Labute approximate surface area is 122 Å². The van der Waals surface area contributed by atoms with E-state index in [0.29, 0.717) is 28.4 Å². The van der Waals surface area contributed by atoms with Crippen molar-refractivity contribution in [3.63, 3.8) is 0 Å². The minimum atomic E-state index is -4.58. The van der Waals surface area contributed by atoms with E-state index in [4.69, 9.17) is 5.73 Å². The fraction of sp³-hybridized carbons (Fsp3) is 0.538. The molecular weight excluding hydrogens is 305 g/mol. The third kappa shape index (κ3) is 4.89. The number of sulfonamides is 1. The molecule has 0 aromatic heterocycles. The van der Waals surface area contributed by atoms with E-state index in [1.807, 2.05) is 0 Å². The van der Waals surface area contributed by atoms with Gasteiger partial charge in [0, 0.05) is 12.2 Å². The maximum atomic E-state index is 12.6. The van der Waals surface area contributed by atoms with Gasteiger partial charge in [-0.1, -0.05) is 13.3 Å². The number of nitrogens with zero attached hydrogens (tertiary/aromatic N) is 1. The van der Waals surface area contributed by atoms with Gasteiger partial charge >= 0.3 is 6.18 Å². The lowest BCUT2D eigenvalue weighted by molar-refractivity contribution is -0.136. The number of nitrogen functional groups attached to an aromatic ring is 1. The van der Waals surface area contributed by atoms with Gasteiger partial charge in [0.1, 0.15) is 6.54 Å². The van der Waals surface area contributed by atoms with Crippen molar-refractivity contribution in [2.24, 2.45) is 0 Å². The third-order valence-electron chi connectivity index (χ3n) is 3.00. The largest absolute Gasteiger partial charge is 0.402 e. The van der Waals surface area contributed by atoms with Gasteiger partial charge in [0.05, 0.1) is 4.90 Å². The summed E-state index contributed by atoms with van der Waals surface area (Å²) in [5.74, 6) is 0. The van der Waals surface area contributed by atoms with Crippen LogP contribution in [0.25, 0.3) is 0 Å². The van der Waals surface area contributed by atoms with Crippen LogP contribution >= 0.6 is 0 Å². The van der Waals surface area contributed by atoms with E-state index in [9.17, 15) is 21.6 Å². The zero-order chi connectivity index (χ0) is 16.3. The highest BCUT2D eigenvalue weighted by Gasteiger charge is 2.36. The van der Waals surface area contributed by atoms with Crippen molar-refractivity contribution >= 4 is 15.7 Å². The van der Waals surface area contributed by atoms with Crippen LogP contribution < -0.4 is 5.73 Å². The molecule has 0 aliphatic carbocycles. The SMILES string of the molecule is CCCCN(CC(F)(F)F)S(=O)(=O)c1ccc(N)c(C)c1. The summed E-state index contributed by atoms with van der Waals surface area (Å²) >= 11 is 0. The molecule has 2 N–H and O–H groups in total. The maximum absolute atomic E-state index is 12.6. The van der Waals surface area contributed by atoms with Crippen LogP contribution in [0, 0.1) is 6.92 Å². The van der Waals surface area contributed by atoms with Gasteiger partial charge in [-0.05, 0) is 37.1 Å². The average Bonchev–Trinajstić information content (AvgIpc) is 2.36. The van der Waals surface area contributed by atoms with Crippen molar-refractivity contribution in [3.05, 3.63) is 23.8 Å². The lowest BCUT2D eigenvalue weighted by atomic mass is 10.2. The molecule has 8 heteroatoms. The number of hydrogen-bond acceptors (Lipinski definition) is 3. The number of nitrogens with two attached hydrogens (primary N) is 1. The van der Waals surface area contributed by atoms with Crippen LogP contribution in [0.5, 0.6) is 0 Å². The molecule has 0 spiro atoms. The van der Waals surface area contributed by atoms with Gasteiger partial charge < -0.3 is 5.73 Å². The summed E-state index contributed by atoms with van der Waals surface area (Å²) < 4.78 is 63.0. The minimum absolute atomic E-state index is 0.165. The van der Waals surface area contributed by atoms with E-state index in [1.165, 1.54) is 18.2 Å². The molecule has 0 heterocycles. The van der Waals surface area contributed by atoms with Gasteiger partial charge in [-0.3, -0.25) is 0 Å². The first-order valence-corrected chi connectivity index (χ1v) is 7.95. The maximum Gasteiger partial charge on any atom is 0.402 e. The van der Waals surface area contributed by atoms with Crippen LogP contribution in [-0.4, -0.2) is 32.0 Å². The van der Waals surface area contributed by atoms with Crippen LogP contribution in [0.1, 0.15) is 25.3 Å². The van der Waals surface area contributed by atoms with Gasteiger partial charge in [-0.25, -0.2) is 8.42 Å². The molecule has 0 saturated carbocycles. The van der Waals surface area contributed by atoms with E-state index in [1.54, 1.807) is 13.8 Å². The van der Waals surface area contributed by atoms with Gasteiger partial charge in [-0.2, -0.15) is 17.5 Å². The summed E-state index contributed by atoms with van der Waals surface area (Å²) in [6.45, 7) is 1.74. The molecule has 0 saturated heterocycles. The Kier molecular flexibility index (Phi) is 5.63. The van der Waals surface area contributed by atoms with E-state index in [-0.39, 0.29) is 11.4 Å². The van der Waals surface area contributed by atoms with Crippen LogP contribution in [0.4, 0.5) is 18.9 Å². The first kappa shape index (κ1) is 17.8. The van der Waals surface area contributed by atoms with E-state index >= 15 is 0 Å². The second kappa shape index (κ2) is 6.65. The molecule has 1 rings (SSSR count). The average molecular weight is 324 g/mol. The molecule has 120 valence electrons. The number of rotatable bonds is 6. The molecule has 0 atom stereocenters. The molecule has 0 fully saturated rings. The summed E-state index contributed by atoms with van der Waals surface area (Å²) in [5, 5.41) is 0. The number of unbranched alkanes of at least 4 members (excludes halogenated alkanes) is 1. The predicted octanol–water partition coefficient (Wildman–Crippen LogP) is 2.93. The molecule has 0 aliphatic rings. The van der Waals surface area contributed by atoms with E-state index < -0.39 is 22.7 Å². The first-order valence-electron chi connectivity index (χ1n) is 6.51. The highest BCUT2D eigenvalue weighted by molar-refractivity contribution is 7.89. The van der Waals surface area contributed by atoms with Crippen molar-refractivity contribution in [1.29, 1.82) is 0 Å². The quantitative estimate of drug-likeness (QED) is 0.818. The normalized spacial score (nSPS) is 12.9. The van der Waals surface area contributed by atoms with Crippen molar-refractivity contribution in [1.82, 2.24) is 4.31 Å². The van der Waals surface area contributed by atoms with Crippen molar-refractivity contribution < 1.29 is 21.6 Å². The number of alkyl halides is 3. The van der Waals surface area contributed by atoms with Gasteiger partial charge in [-0.15, -0.1) is 0 Å². The molecule has 0 amide bonds. The molecule has 0 bridgehead atoms. The summed E-state index contributed by atoms with van der Waals surface area (Å²) in [6.07, 6.45) is -3.61. The Morgan fingerprint density at radius 2 is 1.90 bits per heavy atom. The Balaban J connectivity index is 3.16. The zero-order valence-electron chi connectivity index (χ0n) is 11.9.